The quantitative estimate of drug-likeness (QED) is 0.526. The monoisotopic (exact) mass is 210 g/mol. The maximum atomic E-state index is 12.1. The Hall–Kier alpha value is -0.790. The minimum Gasteiger partial charge on any atom is -0.466 e. The molecule has 0 bridgehead atoms. The molecule has 0 spiro atoms. The van der Waals surface area contributed by atoms with Crippen molar-refractivity contribution >= 4 is 5.97 Å². The molecule has 0 aromatic rings. The Kier molecular flexibility index (Phi) is 3.95. The van der Waals surface area contributed by atoms with Crippen LogP contribution in [0.5, 0.6) is 0 Å². The Morgan fingerprint density at radius 1 is 1.47 bits per heavy atom. The normalized spacial score (nSPS) is 35.1. The summed E-state index contributed by atoms with van der Waals surface area (Å²) in [5, 5.41) is 0. The van der Waals surface area contributed by atoms with Gasteiger partial charge in [-0.3, -0.25) is 4.79 Å². The molecule has 2 nitrogen and oxygen atoms in total. The van der Waals surface area contributed by atoms with Crippen molar-refractivity contribution in [2.24, 2.45) is 17.3 Å². The first-order valence-electron chi connectivity index (χ1n) is 5.87. The number of hydrogen-bond acceptors (Lipinski definition) is 2. The van der Waals surface area contributed by atoms with Crippen LogP contribution in [0.15, 0.2) is 12.7 Å². The number of rotatable bonds is 4. The maximum absolute atomic E-state index is 12.1. The molecule has 0 heterocycles. The van der Waals surface area contributed by atoms with Gasteiger partial charge in [0, 0.05) is 0 Å². The summed E-state index contributed by atoms with van der Waals surface area (Å²) >= 11 is 0. The van der Waals surface area contributed by atoms with Gasteiger partial charge in [0.25, 0.3) is 0 Å². The Balaban J connectivity index is 2.95. The highest BCUT2D eigenvalue weighted by molar-refractivity contribution is 5.78. The van der Waals surface area contributed by atoms with Gasteiger partial charge in [-0.15, -0.1) is 6.58 Å². The Morgan fingerprint density at radius 2 is 2.00 bits per heavy atom. The number of ether oxygens (including phenoxy) is 1. The van der Waals surface area contributed by atoms with Crippen molar-refractivity contribution in [3.8, 4) is 0 Å². The number of carbonyl (C=O) groups is 1. The molecule has 1 fully saturated rings. The van der Waals surface area contributed by atoms with Crippen molar-refractivity contribution in [1.82, 2.24) is 0 Å². The number of hydrogen-bond donors (Lipinski definition) is 0. The second-order valence-electron chi connectivity index (χ2n) is 4.63. The molecule has 0 aromatic carbocycles. The molecule has 0 saturated heterocycles. The molecule has 2 unspecified atom stereocenters. The SMILES string of the molecule is C=CCC1(C(=O)OCC)C(C)CCC1C. The molecule has 1 rings (SSSR count). The highest BCUT2D eigenvalue weighted by Crippen LogP contribution is 2.51. The molecule has 1 aliphatic carbocycles. The average Bonchev–Trinajstić information content (AvgIpc) is 2.47. The van der Waals surface area contributed by atoms with E-state index in [1.165, 1.54) is 0 Å². The van der Waals surface area contributed by atoms with Gasteiger partial charge in [0.05, 0.1) is 12.0 Å². The molecular formula is C13H22O2. The van der Waals surface area contributed by atoms with Crippen molar-refractivity contribution in [3.63, 3.8) is 0 Å². The summed E-state index contributed by atoms with van der Waals surface area (Å²) in [4.78, 5) is 12.1. The first-order valence-corrected chi connectivity index (χ1v) is 5.87. The molecule has 15 heavy (non-hydrogen) atoms. The van der Waals surface area contributed by atoms with Crippen LogP contribution in [0.25, 0.3) is 0 Å². The second-order valence-corrected chi connectivity index (χ2v) is 4.63. The van der Waals surface area contributed by atoms with Crippen molar-refractivity contribution in [3.05, 3.63) is 12.7 Å². The van der Waals surface area contributed by atoms with Crippen LogP contribution in [0.4, 0.5) is 0 Å². The number of carbonyl (C=O) groups excluding carboxylic acids is 1. The van der Waals surface area contributed by atoms with E-state index in [-0.39, 0.29) is 11.4 Å². The van der Waals surface area contributed by atoms with E-state index < -0.39 is 0 Å². The molecule has 1 saturated carbocycles. The van der Waals surface area contributed by atoms with Crippen LogP contribution in [0.3, 0.4) is 0 Å². The van der Waals surface area contributed by atoms with Gasteiger partial charge in [0.2, 0.25) is 0 Å². The third-order valence-electron chi connectivity index (χ3n) is 3.93. The van der Waals surface area contributed by atoms with Crippen LogP contribution in [-0.2, 0) is 9.53 Å². The lowest BCUT2D eigenvalue weighted by Gasteiger charge is -2.34. The van der Waals surface area contributed by atoms with Gasteiger partial charge in [-0.2, -0.15) is 0 Å². The first kappa shape index (κ1) is 12.3. The summed E-state index contributed by atoms with van der Waals surface area (Å²) < 4.78 is 5.24. The van der Waals surface area contributed by atoms with Crippen molar-refractivity contribution in [2.75, 3.05) is 6.61 Å². The van der Waals surface area contributed by atoms with Gasteiger partial charge >= 0.3 is 5.97 Å². The van der Waals surface area contributed by atoms with E-state index in [9.17, 15) is 4.79 Å². The molecule has 0 amide bonds. The summed E-state index contributed by atoms with van der Waals surface area (Å²) in [6, 6.07) is 0. The van der Waals surface area contributed by atoms with Gasteiger partial charge < -0.3 is 4.74 Å². The van der Waals surface area contributed by atoms with Crippen LogP contribution in [0.1, 0.15) is 40.0 Å². The molecule has 2 heteroatoms. The van der Waals surface area contributed by atoms with Gasteiger partial charge in [0.15, 0.2) is 0 Å². The third kappa shape index (κ3) is 1.95. The Morgan fingerprint density at radius 3 is 2.40 bits per heavy atom. The fraction of sp³-hybridized carbons (Fsp3) is 0.769. The largest absolute Gasteiger partial charge is 0.466 e. The van der Waals surface area contributed by atoms with Gasteiger partial charge in [-0.1, -0.05) is 19.9 Å². The molecular weight excluding hydrogens is 188 g/mol. The smallest absolute Gasteiger partial charge is 0.312 e. The van der Waals surface area contributed by atoms with E-state index in [2.05, 4.69) is 20.4 Å². The second kappa shape index (κ2) is 4.82. The minimum atomic E-state index is -0.308. The molecule has 0 N–H and O–H groups in total. The third-order valence-corrected chi connectivity index (χ3v) is 3.93. The lowest BCUT2D eigenvalue weighted by atomic mass is 9.71. The lowest BCUT2D eigenvalue weighted by molar-refractivity contribution is -0.160. The van der Waals surface area contributed by atoms with Crippen LogP contribution in [0, 0.1) is 17.3 Å². The molecule has 0 radical (unpaired) electrons. The zero-order valence-electron chi connectivity index (χ0n) is 10.1. The Bertz CT molecular complexity index is 235. The zero-order valence-corrected chi connectivity index (χ0v) is 10.1. The minimum absolute atomic E-state index is 0.0256. The fourth-order valence-corrected chi connectivity index (χ4v) is 2.89. The van der Waals surface area contributed by atoms with E-state index in [1.807, 2.05) is 13.0 Å². The summed E-state index contributed by atoms with van der Waals surface area (Å²) in [6.07, 6.45) is 4.84. The summed E-state index contributed by atoms with van der Waals surface area (Å²) in [5.74, 6) is 0.788. The molecule has 0 aliphatic heterocycles. The zero-order chi connectivity index (χ0) is 11.5. The molecule has 1 aliphatic rings. The van der Waals surface area contributed by atoms with E-state index in [0.717, 1.165) is 19.3 Å². The topological polar surface area (TPSA) is 26.3 Å². The van der Waals surface area contributed by atoms with E-state index in [4.69, 9.17) is 4.74 Å². The van der Waals surface area contributed by atoms with Crippen molar-refractivity contribution in [2.45, 2.75) is 40.0 Å². The van der Waals surface area contributed by atoms with Crippen LogP contribution in [-0.4, -0.2) is 12.6 Å². The summed E-state index contributed by atoms with van der Waals surface area (Å²) in [7, 11) is 0. The molecule has 0 aromatic heterocycles. The molecule has 86 valence electrons. The van der Waals surface area contributed by atoms with E-state index in [1.54, 1.807) is 0 Å². The number of esters is 1. The van der Waals surface area contributed by atoms with Crippen LogP contribution in [0.2, 0.25) is 0 Å². The van der Waals surface area contributed by atoms with Crippen molar-refractivity contribution in [1.29, 1.82) is 0 Å². The predicted octanol–water partition coefficient (Wildman–Crippen LogP) is 3.18. The number of allylic oxidation sites excluding steroid dienone is 1. The first-order chi connectivity index (χ1) is 7.09. The highest BCUT2D eigenvalue weighted by atomic mass is 16.5. The van der Waals surface area contributed by atoms with Crippen molar-refractivity contribution < 1.29 is 9.53 Å². The fourth-order valence-electron chi connectivity index (χ4n) is 2.89. The van der Waals surface area contributed by atoms with Crippen LogP contribution >= 0.6 is 0 Å². The van der Waals surface area contributed by atoms with Gasteiger partial charge in [-0.25, -0.2) is 0 Å². The van der Waals surface area contributed by atoms with Crippen LogP contribution < -0.4 is 0 Å². The van der Waals surface area contributed by atoms with Gasteiger partial charge in [0.1, 0.15) is 0 Å². The average molecular weight is 210 g/mol. The molecule has 2 atom stereocenters. The lowest BCUT2D eigenvalue weighted by Crippen LogP contribution is -2.39. The summed E-state index contributed by atoms with van der Waals surface area (Å²) in [6.45, 7) is 10.4. The maximum Gasteiger partial charge on any atom is 0.312 e. The van der Waals surface area contributed by atoms with E-state index in [0.29, 0.717) is 18.4 Å². The Labute approximate surface area is 92.7 Å². The standard InChI is InChI=1S/C13H22O2/c1-5-9-13(12(14)15-6-2)10(3)7-8-11(13)4/h5,10-11H,1,6-9H2,2-4H3. The summed E-state index contributed by atoms with van der Waals surface area (Å²) in [5.41, 5.74) is -0.308. The van der Waals surface area contributed by atoms with Gasteiger partial charge in [-0.05, 0) is 38.0 Å². The highest BCUT2D eigenvalue weighted by Gasteiger charge is 2.51. The predicted molar refractivity (Wildman–Crippen MR) is 61.4 cm³/mol. The van der Waals surface area contributed by atoms with E-state index >= 15 is 0 Å².